The lowest BCUT2D eigenvalue weighted by Gasteiger charge is -2.08. The Labute approximate surface area is 120 Å². The monoisotopic (exact) mass is 289 g/mol. The largest absolute Gasteiger partial charge is 0.467 e. The zero-order valence-corrected chi connectivity index (χ0v) is 11.4. The van der Waals surface area contributed by atoms with E-state index in [9.17, 15) is 4.39 Å². The van der Waals surface area contributed by atoms with Gasteiger partial charge in [0, 0.05) is 6.54 Å². The third-order valence-electron chi connectivity index (χ3n) is 2.40. The molecule has 0 atom stereocenters. The first-order valence-electron chi connectivity index (χ1n) is 6.08. The maximum atomic E-state index is 13.5. The van der Waals surface area contributed by atoms with Gasteiger partial charge in [-0.3, -0.25) is 0 Å². The fraction of sp³-hybridized carbons (Fsp3) is 0.231. The third kappa shape index (κ3) is 3.33. The molecule has 7 nitrogen and oxygen atoms in total. The first-order valence-corrected chi connectivity index (χ1v) is 6.08. The highest BCUT2D eigenvalue weighted by Crippen LogP contribution is 2.25. The Balaban J connectivity index is 2.37. The van der Waals surface area contributed by atoms with Gasteiger partial charge in [-0.05, 0) is 19.1 Å². The fourth-order valence-electron chi connectivity index (χ4n) is 1.51. The molecule has 0 aliphatic heterocycles. The highest BCUT2D eigenvalue weighted by molar-refractivity contribution is 5.45. The van der Waals surface area contributed by atoms with E-state index in [1.54, 1.807) is 6.07 Å². The summed E-state index contributed by atoms with van der Waals surface area (Å²) in [5, 5.41) is 11.8. The van der Waals surface area contributed by atoms with Crippen LogP contribution in [0.1, 0.15) is 12.5 Å². The Hall–Kier alpha value is -2.95. The van der Waals surface area contributed by atoms with Crippen molar-refractivity contribution in [3.05, 3.63) is 29.6 Å². The molecule has 1 heterocycles. The summed E-state index contributed by atoms with van der Waals surface area (Å²) in [6, 6.07) is 5.73. The van der Waals surface area contributed by atoms with Crippen LogP contribution >= 0.6 is 0 Å². The van der Waals surface area contributed by atoms with Crippen LogP contribution in [0.25, 0.3) is 0 Å². The molecule has 0 aliphatic carbocycles. The predicted octanol–water partition coefficient (Wildman–Crippen LogP) is 2.12. The van der Waals surface area contributed by atoms with Crippen molar-refractivity contribution >= 4 is 5.95 Å². The molecule has 1 aromatic carbocycles. The second-order valence-electron chi connectivity index (χ2n) is 3.79. The lowest BCUT2D eigenvalue weighted by Crippen LogP contribution is -2.06. The van der Waals surface area contributed by atoms with Gasteiger partial charge in [0.2, 0.25) is 5.95 Å². The van der Waals surface area contributed by atoms with Gasteiger partial charge in [-0.1, -0.05) is 6.07 Å². The van der Waals surface area contributed by atoms with Gasteiger partial charge in [-0.25, -0.2) is 4.39 Å². The fourth-order valence-corrected chi connectivity index (χ4v) is 1.51. The van der Waals surface area contributed by atoms with E-state index in [-0.39, 0.29) is 29.3 Å². The number of methoxy groups -OCH3 is 1. The SMILES string of the molecule is CCNc1nc(OC)nc(Oc2cccc(F)c2C#N)n1. The van der Waals surface area contributed by atoms with E-state index < -0.39 is 5.82 Å². The molecule has 0 spiro atoms. The van der Waals surface area contributed by atoms with E-state index in [2.05, 4.69) is 20.3 Å². The van der Waals surface area contributed by atoms with Crippen LogP contribution in [0.3, 0.4) is 0 Å². The predicted molar refractivity (Wildman–Crippen MR) is 71.7 cm³/mol. The number of benzene rings is 1. The highest BCUT2D eigenvalue weighted by Gasteiger charge is 2.13. The van der Waals surface area contributed by atoms with Crippen molar-refractivity contribution < 1.29 is 13.9 Å². The Morgan fingerprint density at radius 1 is 1.29 bits per heavy atom. The smallest absolute Gasteiger partial charge is 0.330 e. The Kier molecular flexibility index (Phi) is 4.46. The zero-order chi connectivity index (χ0) is 15.2. The molecular formula is C13H12FN5O2. The molecule has 0 saturated carbocycles. The zero-order valence-electron chi connectivity index (χ0n) is 11.4. The molecule has 0 bridgehead atoms. The van der Waals surface area contributed by atoms with Crippen LogP contribution in [0.2, 0.25) is 0 Å². The van der Waals surface area contributed by atoms with Crippen molar-refractivity contribution in [1.29, 1.82) is 5.26 Å². The van der Waals surface area contributed by atoms with Gasteiger partial charge in [0.1, 0.15) is 17.4 Å². The summed E-state index contributed by atoms with van der Waals surface area (Å²) in [6.45, 7) is 2.47. The van der Waals surface area contributed by atoms with E-state index in [0.717, 1.165) is 0 Å². The maximum Gasteiger partial charge on any atom is 0.330 e. The first-order chi connectivity index (χ1) is 10.2. The van der Waals surface area contributed by atoms with E-state index in [1.165, 1.54) is 25.3 Å². The number of hydrogen-bond acceptors (Lipinski definition) is 7. The molecule has 21 heavy (non-hydrogen) atoms. The standard InChI is InChI=1S/C13H12FN5O2/c1-3-16-11-17-12(20-2)19-13(18-11)21-10-6-4-5-9(14)8(10)7-15/h4-6H,3H2,1-2H3,(H,16,17,18,19). The van der Waals surface area contributed by atoms with E-state index >= 15 is 0 Å². The third-order valence-corrected chi connectivity index (χ3v) is 2.40. The number of hydrogen-bond donors (Lipinski definition) is 1. The molecule has 1 aromatic heterocycles. The van der Waals surface area contributed by atoms with Gasteiger partial charge in [0.15, 0.2) is 5.75 Å². The van der Waals surface area contributed by atoms with Crippen molar-refractivity contribution in [2.75, 3.05) is 19.0 Å². The molecule has 8 heteroatoms. The van der Waals surface area contributed by atoms with Gasteiger partial charge >= 0.3 is 12.0 Å². The molecule has 0 radical (unpaired) electrons. The van der Waals surface area contributed by atoms with E-state index in [0.29, 0.717) is 6.54 Å². The minimum atomic E-state index is -0.678. The van der Waals surface area contributed by atoms with Crippen LogP contribution in [-0.4, -0.2) is 28.6 Å². The van der Waals surface area contributed by atoms with Crippen molar-refractivity contribution in [1.82, 2.24) is 15.0 Å². The van der Waals surface area contributed by atoms with Crippen molar-refractivity contribution in [3.8, 4) is 23.8 Å². The highest BCUT2D eigenvalue weighted by atomic mass is 19.1. The number of aromatic nitrogens is 3. The van der Waals surface area contributed by atoms with Crippen molar-refractivity contribution in [3.63, 3.8) is 0 Å². The van der Waals surface area contributed by atoms with Crippen LogP contribution in [0, 0.1) is 17.1 Å². The van der Waals surface area contributed by atoms with Crippen LogP contribution in [0.15, 0.2) is 18.2 Å². The first kappa shape index (κ1) is 14.5. The molecule has 108 valence electrons. The summed E-state index contributed by atoms with van der Waals surface area (Å²) in [5.74, 6) is -0.398. The van der Waals surface area contributed by atoms with Gasteiger partial charge in [-0.2, -0.15) is 15.2 Å². The van der Waals surface area contributed by atoms with Crippen molar-refractivity contribution in [2.45, 2.75) is 6.92 Å². The quantitative estimate of drug-likeness (QED) is 0.901. The van der Waals surface area contributed by atoms with Gasteiger partial charge in [0.05, 0.1) is 7.11 Å². The molecule has 0 amide bonds. The topological polar surface area (TPSA) is 93.0 Å². The summed E-state index contributed by atoms with van der Waals surface area (Å²) < 4.78 is 23.8. The summed E-state index contributed by atoms with van der Waals surface area (Å²) in [4.78, 5) is 11.9. The van der Waals surface area contributed by atoms with Crippen LogP contribution in [0.4, 0.5) is 10.3 Å². The normalized spacial score (nSPS) is 9.81. The number of nitriles is 1. The Bertz CT molecular complexity index is 687. The maximum absolute atomic E-state index is 13.5. The molecule has 0 aliphatic rings. The van der Waals surface area contributed by atoms with Gasteiger partial charge in [-0.15, -0.1) is 4.98 Å². The van der Waals surface area contributed by atoms with Crippen LogP contribution in [0.5, 0.6) is 17.8 Å². The minimum Gasteiger partial charge on any atom is -0.467 e. The lowest BCUT2D eigenvalue weighted by molar-refractivity contribution is 0.359. The second-order valence-corrected chi connectivity index (χ2v) is 3.79. The Morgan fingerprint density at radius 3 is 2.71 bits per heavy atom. The molecule has 1 N–H and O–H groups in total. The summed E-state index contributed by atoms with van der Waals surface area (Å²) in [5.41, 5.74) is -0.220. The minimum absolute atomic E-state index is 0.0215. The average molecular weight is 289 g/mol. The molecule has 2 aromatic rings. The molecule has 0 saturated heterocycles. The Morgan fingerprint density at radius 2 is 2.05 bits per heavy atom. The summed E-state index contributed by atoms with van der Waals surface area (Å²) >= 11 is 0. The number of rotatable bonds is 5. The van der Waals surface area contributed by atoms with Crippen LogP contribution < -0.4 is 14.8 Å². The van der Waals surface area contributed by atoms with Gasteiger partial charge < -0.3 is 14.8 Å². The van der Waals surface area contributed by atoms with Crippen LogP contribution in [-0.2, 0) is 0 Å². The number of nitrogens with one attached hydrogen (secondary N) is 1. The second kappa shape index (κ2) is 6.47. The summed E-state index contributed by atoms with van der Waals surface area (Å²) in [7, 11) is 1.40. The lowest BCUT2D eigenvalue weighted by atomic mass is 10.2. The molecule has 2 rings (SSSR count). The van der Waals surface area contributed by atoms with Crippen molar-refractivity contribution in [2.24, 2.45) is 0 Å². The number of halogens is 1. The van der Waals surface area contributed by atoms with E-state index in [1.807, 2.05) is 6.92 Å². The molecular weight excluding hydrogens is 277 g/mol. The molecule has 0 fully saturated rings. The molecule has 0 unspecified atom stereocenters. The number of anilines is 1. The van der Waals surface area contributed by atoms with Gasteiger partial charge in [0.25, 0.3) is 0 Å². The van der Waals surface area contributed by atoms with E-state index in [4.69, 9.17) is 14.7 Å². The summed E-state index contributed by atoms with van der Waals surface area (Å²) in [6.07, 6.45) is 0. The number of ether oxygens (including phenoxy) is 2. The average Bonchev–Trinajstić information content (AvgIpc) is 2.47. The number of nitrogens with zero attached hydrogens (tertiary/aromatic N) is 4.